The Morgan fingerprint density at radius 3 is 2.78 bits per heavy atom. The number of hydrogen-bond acceptors (Lipinski definition) is 3. The molecule has 2 rings (SSSR count). The predicted octanol–water partition coefficient (Wildman–Crippen LogP) is 4.02. The number of anilines is 1. The summed E-state index contributed by atoms with van der Waals surface area (Å²) in [6, 6.07) is 7.95. The van der Waals surface area contributed by atoms with Crippen molar-refractivity contribution in [2.24, 2.45) is 0 Å². The second-order valence-corrected chi connectivity index (χ2v) is 6.60. The van der Waals surface area contributed by atoms with Crippen molar-refractivity contribution in [3.63, 3.8) is 0 Å². The van der Waals surface area contributed by atoms with Gasteiger partial charge < -0.3 is 5.32 Å². The number of carbonyl (C=O) groups excluding carboxylic acids is 1. The Morgan fingerprint density at radius 2 is 2.06 bits per heavy atom. The van der Waals surface area contributed by atoms with Crippen LogP contribution in [0.4, 0.5) is 5.69 Å². The van der Waals surface area contributed by atoms with Gasteiger partial charge in [0.2, 0.25) is 5.91 Å². The van der Waals surface area contributed by atoms with Crippen LogP contribution in [0.15, 0.2) is 29.2 Å². The van der Waals surface area contributed by atoms with Gasteiger partial charge in [-0.1, -0.05) is 25.0 Å². The van der Waals surface area contributed by atoms with Gasteiger partial charge in [-0.15, -0.1) is 23.5 Å². The van der Waals surface area contributed by atoms with Crippen LogP contribution in [-0.2, 0) is 4.79 Å². The average molecular weight is 281 g/mol. The number of nitrogens with one attached hydrogen (secondary N) is 1. The quantitative estimate of drug-likeness (QED) is 0.826. The highest BCUT2D eigenvalue weighted by Gasteiger charge is 2.16. The fraction of sp³-hybridized carbons (Fsp3) is 0.500. The van der Waals surface area contributed by atoms with E-state index in [4.69, 9.17) is 0 Å². The molecule has 0 aromatic heterocycles. The van der Waals surface area contributed by atoms with Crippen LogP contribution in [0.3, 0.4) is 0 Å². The maximum Gasteiger partial charge on any atom is 0.234 e. The van der Waals surface area contributed by atoms with Crippen molar-refractivity contribution in [1.29, 1.82) is 0 Å². The summed E-state index contributed by atoms with van der Waals surface area (Å²) in [5.41, 5.74) is 0.932. The second kappa shape index (κ2) is 7.10. The maximum absolute atomic E-state index is 11.9. The van der Waals surface area contributed by atoms with Gasteiger partial charge in [0.05, 0.1) is 11.4 Å². The lowest BCUT2D eigenvalue weighted by Crippen LogP contribution is -2.16. The molecule has 1 N–H and O–H groups in total. The first kappa shape index (κ1) is 13.8. The fourth-order valence-corrected chi connectivity index (χ4v) is 3.86. The molecule has 0 atom stereocenters. The van der Waals surface area contributed by atoms with E-state index in [1.54, 1.807) is 23.5 Å². The van der Waals surface area contributed by atoms with Crippen LogP contribution < -0.4 is 5.32 Å². The number of amides is 1. The average Bonchev–Trinajstić information content (AvgIpc) is 2.90. The van der Waals surface area contributed by atoms with Crippen molar-refractivity contribution in [2.45, 2.75) is 35.8 Å². The van der Waals surface area contributed by atoms with Crippen molar-refractivity contribution in [3.05, 3.63) is 24.3 Å². The Morgan fingerprint density at radius 1 is 1.33 bits per heavy atom. The molecule has 4 heteroatoms. The zero-order valence-electron chi connectivity index (χ0n) is 10.6. The first-order valence-corrected chi connectivity index (χ1v) is 8.61. The molecular formula is C14H19NOS2. The SMILES string of the molecule is CSc1ccccc1NC(=O)CSC1CCCC1. The molecule has 1 aromatic carbocycles. The molecule has 98 valence electrons. The number of hydrogen-bond donors (Lipinski definition) is 1. The molecule has 0 unspecified atom stereocenters. The maximum atomic E-state index is 11.9. The zero-order valence-corrected chi connectivity index (χ0v) is 12.3. The van der Waals surface area contributed by atoms with Crippen LogP contribution in [0.1, 0.15) is 25.7 Å². The Balaban J connectivity index is 1.82. The molecule has 0 saturated heterocycles. The van der Waals surface area contributed by atoms with E-state index in [9.17, 15) is 4.79 Å². The lowest BCUT2D eigenvalue weighted by Gasteiger charge is -2.11. The minimum Gasteiger partial charge on any atom is -0.324 e. The van der Waals surface area contributed by atoms with Gasteiger partial charge in [0, 0.05) is 10.1 Å². The van der Waals surface area contributed by atoms with Crippen LogP contribution in [0.25, 0.3) is 0 Å². The minimum absolute atomic E-state index is 0.119. The van der Waals surface area contributed by atoms with E-state index in [1.165, 1.54) is 25.7 Å². The van der Waals surface area contributed by atoms with Crippen LogP contribution in [0.2, 0.25) is 0 Å². The number of rotatable bonds is 5. The lowest BCUT2D eigenvalue weighted by molar-refractivity contribution is -0.113. The standard InChI is InChI=1S/C14H19NOS2/c1-17-13-9-5-4-8-12(13)15-14(16)10-18-11-6-2-3-7-11/h4-5,8-9,11H,2-3,6-7,10H2,1H3,(H,15,16). The van der Waals surface area contributed by atoms with Gasteiger partial charge >= 0.3 is 0 Å². The van der Waals surface area contributed by atoms with Crippen molar-refractivity contribution >= 4 is 35.1 Å². The minimum atomic E-state index is 0.119. The van der Waals surface area contributed by atoms with E-state index in [0.717, 1.165) is 10.6 Å². The van der Waals surface area contributed by atoms with E-state index in [0.29, 0.717) is 11.0 Å². The number of para-hydroxylation sites is 1. The highest BCUT2D eigenvalue weighted by atomic mass is 32.2. The Hall–Kier alpha value is -0.610. The highest BCUT2D eigenvalue weighted by Crippen LogP contribution is 2.30. The highest BCUT2D eigenvalue weighted by molar-refractivity contribution is 8.00. The molecule has 18 heavy (non-hydrogen) atoms. The molecule has 0 spiro atoms. The van der Waals surface area contributed by atoms with E-state index in [1.807, 2.05) is 30.5 Å². The Bertz CT molecular complexity index is 403. The Kier molecular flexibility index (Phi) is 5.45. The molecule has 0 bridgehead atoms. The van der Waals surface area contributed by atoms with Crippen LogP contribution in [0, 0.1) is 0 Å². The molecular weight excluding hydrogens is 262 g/mol. The predicted molar refractivity (Wildman–Crippen MR) is 81.6 cm³/mol. The van der Waals surface area contributed by atoms with Gasteiger partial charge in [0.1, 0.15) is 0 Å². The third-order valence-corrected chi connectivity index (χ3v) is 5.30. The summed E-state index contributed by atoms with van der Waals surface area (Å²) in [4.78, 5) is 13.0. The summed E-state index contributed by atoms with van der Waals surface area (Å²) in [6.07, 6.45) is 7.24. The largest absolute Gasteiger partial charge is 0.324 e. The molecule has 1 saturated carbocycles. The monoisotopic (exact) mass is 281 g/mol. The molecule has 1 aromatic rings. The molecule has 0 aliphatic heterocycles. The van der Waals surface area contributed by atoms with Crippen LogP contribution in [-0.4, -0.2) is 23.2 Å². The van der Waals surface area contributed by atoms with Crippen molar-refractivity contribution in [3.8, 4) is 0 Å². The number of thioether (sulfide) groups is 2. The fourth-order valence-electron chi connectivity index (χ4n) is 2.18. The summed E-state index contributed by atoms with van der Waals surface area (Å²) in [7, 11) is 0. The smallest absolute Gasteiger partial charge is 0.234 e. The Labute approximate surface area is 117 Å². The van der Waals surface area contributed by atoms with E-state index in [-0.39, 0.29) is 5.91 Å². The normalized spacial score (nSPS) is 15.8. The number of benzene rings is 1. The summed E-state index contributed by atoms with van der Waals surface area (Å²) in [6.45, 7) is 0. The van der Waals surface area contributed by atoms with Crippen molar-refractivity contribution in [2.75, 3.05) is 17.3 Å². The summed E-state index contributed by atoms with van der Waals surface area (Å²) < 4.78 is 0. The lowest BCUT2D eigenvalue weighted by atomic mass is 10.3. The molecule has 1 aliphatic rings. The van der Waals surface area contributed by atoms with Crippen LogP contribution in [0.5, 0.6) is 0 Å². The van der Waals surface area contributed by atoms with E-state index in [2.05, 4.69) is 5.32 Å². The number of carbonyl (C=O) groups is 1. The molecule has 1 amide bonds. The van der Waals surface area contributed by atoms with E-state index < -0.39 is 0 Å². The van der Waals surface area contributed by atoms with Crippen LogP contribution >= 0.6 is 23.5 Å². The van der Waals surface area contributed by atoms with Gasteiger partial charge in [0.25, 0.3) is 0 Å². The molecule has 1 aliphatic carbocycles. The second-order valence-electron chi connectivity index (χ2n) is 4.47. The first-order chi connectivity index (χ1) is 8.79. The van der Waals surface area contributed by atoms with Crippen molar-refractivity contribution in [1.82, 2.24) is 0 Å². The summed E-state index contributed by atoms with van der Waals surface area (Å²) >= 11 is 3.47. The molecule has 2 nitrogen and oxygen atoms in total. The third kappa shape index (κ3) is 3.95. The van der Waals surface area contributed by atoms with Gasteiger partial charge in [-0.05, 0) is 31.2 Å². The third-order valence-electron chi connectivity index (χ3n) is 3.13. The topological polar surface area (TPSA) is 29.1 Å². The molecule has 0 radical (unpaired) electrons. The molecule has 1 fully saturated rings. The summed E-state index contributed by atoms with van der Waals surface area (Å²) in [5, 5.41) is 3.71. The van der Waals surface area contributed by atoms with Gasteiger partial charge in [-0.25, -0.2) is 0 Å². The summed E-state index contributed by atoms with van der Waals surface area (Å²) in [5.74, 6) is 0.696. The zero-order chi connectivity index (χ0) is 12.8. The van der Waals surface area contributed by atoms with Gasteiger partial charge in [0.15, 0.2) is 0 Å². The van der Waals surface area contributed by atoms with Gasteiger partial charge in [-0.3, -0.25) is 4.79 Å². The first-order valence-electron chi connectivity index (χ1n) is 6.34. The van der Waals surface area contributed by atoms with Gasteiger partial charge in [-0.2, -0.15) is 0 Å². The van der Waals surface area contributed by atoms with Crippen molar-refractivity contribution < 1.29 is 4.79 Å². The molecule has 0 heterocycles. The van der Waals surface area contributed by atoms with E-state index >= 15 is 0 Å².